The summed E-state index contributed by atoms with van der Waals surface area (Å²) < 4.78 is 6.95. The lowest BCUT2D eigenvalue weighted by molar-refractivity contribution is 0.102. The molecule has 0 fully saturated rings. The number of benzene rings is 2. The third-order valence-electron chi connectivity index (χ3n) is 4.81. The molecule has 2 heterocycles. The van der Waals surface area contributed by atoms with Crippen LogP contribution in [0.4, 0.5) is 5.82 Å². The van der Waals surface area contributed by atoms with Crippen molar-refractivity contribution >= 4 is 22.6 Å². The van der Waals surface area contributed by atoms with E-state index in [1.807, 2.05) is 35.9 Å². The van der Waals surface area contributed by atoms with Gasteiger partial charge in [-0.1, -0.05) is 18.2 Å². The Balaban J connectivity index is 1.89. The summed E-state index contributed by atoms with van der Waals surface area (Å²) in [6, 6.07) is 19.4. The zero-order chi connectivity index (χ0) is 20.4. The van der Waals surface area contributed by atoms with Gasteiger partial charge in [0, 0.05) is 24.2 Å². The minimum Gasteiger partial charge on any atom is -0.497 e. The standard InChI is InChI=1S/C23H19N3O3/c1-26-19-9-4-3-7-17(19)21(27)20(18-8-5-6-14-24-18)22(26)25-23(28)15-10-12-16(29-2)13-11-15/h3-14H,1-2H3,(H,25,28). The zero-order valence-electron chi connectivity index (χ0n) is 16.0. The van der Waals surface area contributed by atoms with E-state index in [-0.39, 0.29) is 11.3 Å². The SMILES string of the molecule is COc1ccc(C(=O)Nc2c(-c3ccccn3)c(=O)c3ccccc3n2C)cc1. The first-order valence-electron chi connectivity index (χ1n) is 9.08. The molecule has 6 nitrogen and oxygen atoms in total. The van der Waals surface area contributed by atoms with Gasteiger partial charge in [0.15, 0.2) is 0 Å². The van der Waals surface area contributed by atoms with Gasteiger partial charge in [0.25, 0.3) is 5.91 Å². The number of pyridine rings is 2. The summed E-state index contributed by atoms with van der Waals surface area (Å²) in [4.78, 5) is 30.5. The number of anilines is 1. The van der Waals surface area contributed by atoms with Crippen molar-refractivity contribution < 1.29 is 9.53 Å². The molecule has 0 aliphatic heterocycles. The van der Waals surface area contributed by atoms with Crippen molar-refractivity contribution in [3.63, 3.8) is 0 Å². The molecule has 0 aliphatic carbocycles. The highest BCUT2D eigenvalue weighted by molar-refractivity contribution is 6.06. The summed E-state index contributed by atoms with van der Waals surface area (Å²) >= 11 is 0. The topological polar surface area (TPSA) is 73.2 Å². The molecule has 0 bridgehead atoms. The highest BCUT2D eigenvalue weighted by atomic mass is 16.5. The van der Waals surface area contributed by atoms with Crippen LogP contribution in [0.25, 0.3) is 22.2 Å². The fourth-order valence-electron chi connectivity index (χ4n) is 3.31. The molecule has 1 amide bonds. The number of carbonyl (C=O) groups excluding carboxylic acids is 1. The molecule has 144 valence electrons. The van der Waals surface area contributed by atoms with E-state index < -0.39 is 0 Å². The number of amides is 1. The number of methoxy groups -OCH3 is 1. The van der Waals surface area contributed by atoms with Crippen LogP contribution in [0.15, 0.2) is 77.7 Å². The van der Waals surface area contributed by atoms with Gasteiger partial charge >= 0.3 is 0 Å². The molecule has 1 N–H and O–H groups in total. The first kappa shape index (κ1) is 18.4. The van der Waals surface area contributed by atoms with Gasteiger partial charge in [0.2, 0.25) is 5.43 Å². The lowest BCUT2D eigenvalue weighted by atomic mass is 10.1. The molecule has 2 aromatic carbocycles. The number of carbonyl (C=O) groups is 1. The normalized spacial score (nSPS) is 10.7. The summed E-state index contributed by atoms with van der Waals surface area (Å²) in [6.45, 7) is 0. The van der Waals surface area contributed by atoms with E-state index in [0.29, 0.717) is 33.8 Å². The molecule has 0 unspecified atom stereocenters. The van der Waals surface area contributed by atoms with Crippen molar-refractivity contribution in [3.05, 3.63) is 88.7 Å². The van der Waals surface area contributed by atoms with E-state index in [4.69, 9.17) is 4.74 Å². The number of para-hydroxylation sites is 1. The number of aryl methyl sites for hydroxylation is 1. The Morgan fingerprint density at radius 3 is 2.41 bits per heavy atom. The number of fused-ring (bicyclic) bond motifs is 1. The van der Waals surface area contributed by atoms with Crippen molar-refractivity contribution in [1.29, 1.82) is 0 Å². The Kier molecular flexibility index (Phi) is 4.83. The third kappa shape index (κ3) is 3.36. The molecule has 0 saturated carbocycles. The maximum absolute atomic E-state index is 13.3. The van der Waals surface area contributed by atoms with Gasteiger partial charge in [-0.05, 0) is 48.5 Å². The fourth-order valence-corrected chi connectivity index (χ4v) is 3.31. The second-order valence-corrected chi connectivity index (χ2v) is 6.53. The van der Waals surface area contributed by atoms with Gasteiger partial charge in [0.1, 0.15) is 11.6 Å². The largest absolute Gasteiger partial charge is 0.497 e. The summed E-state index contributed by atoms with van der Waals surface area (Å²) in [5.41, 5.74) is 1.86. The van der Waals surface area contributed by atoms with Crippen LogP contribution in [0.2, 0.25) is 0 Å². The molecule has 0 spiro atoms. The average molecular weight is 385 g/mol. The van der Waals surface area contributed by atoms with Crippen molar-refractivity contribution in [2.45, 2.75) is 0 Å². The van der Waals surface area contributed by atoms with Gasteiger partial charge < -0.3 is 14.6 Å². The van der Waals surface area contributed by atoms with Crippen LogP contribution in [0.5, 0.6) is 5.75 Å². The number of ether oxygens (including phenoxy) is 1. The fraction of sp³-hybridized carbons (Fsp3) is 0.0870. The van der Waals surface area contributed by atoms with E-state index >= 15 is 0 Å². The van der Waals surface area contributed by atoms with E-state index in [1.54, 1.807) is 55.8 Å². The quantitative estimate of drug-likeness (QED) is 0.579. The first-order valence-corrected chi connectivity index (χ1v) is 9.08. The number of hydrogen-bond donors (Lipinski definition) is 1. The van der Waals surface area contributed by atoms with E-state index in [2.05, 4.69) is 10.3 Å². The lowest BCUT2D eigenvalue weighted by Gasteiger charge is -2.18. The van der Waals surface area contributed by atoms with Gasteiger partial charge in [-0.15, -0.1) is 0 Å². The minimum atomic E-state index is -0.324. The van der Waals surface area contributed by atoms with Gasteiger partial charge in [-0.3, -0.25) is 14.6 Å². The summed E-state index contributed by atoms with van der Waals surface area (Å²) in [6.07, 6.45) is 1.62. The number of nitrogens with one attached hydrogen (secondary N) is 1. The molecule has 4 aromatic rings. The van der Waals surface area contributed by atoms with Crippen LogP contribution in [0, 0.1) is 0 Å². The van der Waals surface area contributed by atoms with Crippen LogP contribution in [-0.2, 0) is 7.05 Å². The predicted octanol–water partition coefficient (Wildman–Crippen LogP) is 3.86. The van der Waals surface area contributed by atoms with Gasteiger partial charge in [-0.2, -0.15) is 0 Å². The van der Waals surface area contributed by atoms with E-state index in [9.17, 15) is 9.59 Å². The Bertz CT molecular complexity index is 1250. The molecular weight excluding hydrogens is 366 g/mol. The van der Waals surface area contributed by atoms with Crippen LogP contribution in [0.1, 0.15) is 10.4 Å². The van der Waals surface area contributed by atoms with Crippen molar-refractivity contribution in [1.82, 2.24) is 9.55 Å². The van der Waals surface area contributed by atoms with Crippen LogP contribution < -0.4 is 15.5 Å². The Morgan fingerprint density at radius 1 is 1.00 bits per heavy atom. The number of aromatic nitrogens is 2. The molecular formula is C23H19N3O3. The smallest absolute Gasteiger partial charge is 0.256 e. The second-order valence-electron chi connectivity index (χ2n) is 6.53. The molecule has 4 rings (SSSR count). The van der Waals surface area contributed by atoms with Crippen LogP contribution in [0.3, 0.4) is 0 Å². The highest BCUT2D eigenvalue weighted by Gasteiger charge is 2.20. The number of rotatable bonds is 4. The molecule has 6 heteroatoms. The van der Waals surface area contributed by atoms with Crippen LogP contribution in [-0.4, -0.2) is 22.6 Å². The second kappa shape index (κ2) is 7.59. The Labute approximate surface area is 167 Å². The highest BCUT2D eigenvalue weighted by Crippen LogP contribution is 2.27. The maximum Gasteiger partial charge on any atom is 0.256 e. The Morgan fingerprint density at radius 2 is 1.72 bits per heavy atom. The number of nitrogens with zero attached hydrogens (tertiary/aromatic N) is 2. The summed E-state index contributed by atoms with van der Waals surface area (Å²) in [7, 11) is 3.39. The third-order valence-corrected chi connectivity index (χ3v) is 4.81. The average Bonchev–Trinajstić information content (AvgIpc) is 2.78. The molecule has 0 radical (unpaired) electrons. The number of hydrogen-bond acceptors (Lipinski definition) is 4. The van der Waals surface area contributed by atoms with Gasteiger partial charge in [-0.25, -0.2) is 0 Å². The molecule has 0 atom stereocenters. The molecule has 0 aliphatic rings. The summed E-state index contributed by atoms with van der Waals surface area (Å²) in [5.74, 6) is 0.733. The first-order chi connectivity index (χ1) is 14.1. The predicted molar refractivity (Wildman–Crippen MR) is 113 cm³/mol. The maximum atomic E-state index is 13.3. The molecule has 29 heavy (non-hydrogen) atoms. The van der Waals surface area contributed by atoms with Crippen LogP contribution >= 0.6 is 0 Å². The van der Waals surface area contributed by atoms with Crippen molar-refractivity contribution in [3.8, 4) is 17.0 Å². The molecule has 2 aromatic heterocycles. The monoisotopic (exact) mass is 385 g/mol. The Hall–Kier alpha value is -3.93. The van der Waals surface area contributed by atoms with Crippen molar-refractivity contribution in [2.75, 3.05) is 12.4 Å². The molecule has 0 saturated heterocycles. The minimum absolute atomic E-state index is 0.178. The van der Waals surface area contributed by atoms with Crippen molar-refractivity contribution in [2.24, 2.45) is 7.05 Å². The zero-order valence-corrected chi connectivity index (χ0v) is 16.0. The lowest BCUT2D eigenvalue weighted by Crippen LogP contribution is -2.21. The van der Waals surface area contributed by atoms with Gasteiger partial charge in [0.05, 0.1) is 23.9 Å². The van der Waals surface area contributed by atoms with E-state index in [0.717, 1.165) is 5.52 Å². The summed E-state index contributed by atoms with van der Waals surface area (Å²) in [5, 5.41) is 3.47. The van der Waals surface area contributed by atoms with E-state index in [1.165, 1.54) is 0 Å².